The van der Waals surface area contributed by atoms with Crippen molar-refractivity contribution in [1.29, 1.82) is 0 Å². The molecule has 5 fully saturated rings. The highest BCUT2D eigenvalue weighted by Crippen LogP contribution is 2.53. The molecule has 0 heterocycles. The zero-order chi connectivity index (χ0) is 22.1. The van der Waals surface area contributed by atoms with Crippen molar-refractivity contribution in [2.45, 2.75) is 108 Å². The Labute approximate surface area is 193 Å². The van der Waals surface area contributed by atoms with Gasteiger partial charge in [-0.2, -0.15) is 0 Å². The zero-order valence-corrected chi connectivity index (χ0v) is 19.7. The zero-order valence-electron chi connectivity index (χ0n) is 19.7. The smallest absolute Gasteiger partial charge is 0.158 e. The second-order valence-corrected chi connectivity index (χ2v) is 11.5. The van der Waals surface area contributed by atoms with Gasteiger partial charge in [0.1, 0.15) is 5.78 Å². The summed E-state index contributed by atoms with van der Waals surface area (Å²) in [6.45, 7) is 0. The number of Topliss-reactive ketones (excluding diaryl/α,β-unsaturated/α-hetero) is 1. The molecule has 5 saturated carbocycles. The monoisotopic (exact) mass is 438 g/mol. The lowest BCUT2D eigenvalue weighted by atomic mass is 9.52. The van der Waals surface area contributed by atoms with Crippen molar-refractivity contribution in [3.05, 3.63) is 12.2 Å². The number of hydrogen-bond donors (Lipinski definition) is 1. The van der Waals surface area contributed by atoms with E-state index in [0.717, 1.165) is 44.2 Å². The van der Waals surface area contributed by atoms with E-state index in [1.807, 2.05) is 6.08 Å². The fraction of sp³-hybridized carbons (Fsp3) is 0.821. The van der Waals surface area contributed by atoms with Gasteiger partial charge < -0.3 is 5.73 Å². The first-order chi connectivity index (χ1) is 15.6. The Bertz CT molecular complexity index is 765. The summed E-state index contributed by atoms with van der Waals surface area (Å²) in [6.07, 6.45) is 20.9. The molecule has 7 unspecified atom stereocenters. The molecule has 7 atom stereocenters. The Morgan fingerprint density at radius 2 is 1.62 bits per heavy atom. The third-order valence-electron chi connectivity index (χ3n) is 9.64. The summed E-state index contributed by atoms with van der Waals surface area (Å²) in [6, 6.07) is 0.344. The maximum absolute atomic E-state index is 13.3. The van der Waals surface area contributed by atoms with Crippen LogP contribution in [0.5, 0.6) is 0 Å². The van der Waals surface area contributed by atoms with Gasteiger partial charge in [-0.05, 0) is 75.2 Å². The van der Waals surface area contributed by atoms with E-state index < -0.39 is 0 Å². The van der Waals surface area contributed by atoms with Gasteiger partial charge in [-0.1, -0.05) is 44.6 Å². The Kier molecular flexibility index (Phi) is 6.97. The van der Waals surface area contributed by atoms with Gasteiger partial charge in [0.15, 0.2) is 5.78 Å². The maximum Gasteiger partial charge on any atom is 0.158 e. The molecular weight excluding hydrogens is 396 g/mol. The number of hydrogen-bond acceptors (Lipinski definition) is 4. The minimum atomic E-state index is 0.114. The summed E-state index contributed by atoms with van der Waals surface area (Å²) in [4.78, 5) is 31.7. The largest absolute Gasteiger partial charge is 0.326 e. The van der Waals surface area contributed by atoms with Crippen LogP contribution in [0.15, 0.2) is 17.1 Å². The Hall–Kier alpha value is -1.29. The van der Waals surface area contributed by atoms with Crippen molar-refractivity contribution in [2.75, 3.05) is 0 Å². The van der Waals surface area contributed by atoms with Crippen molar-refractivity contribution in [1.82, 2.24) is 0 Å². The summed E-state index contributed by atoms with van der Waals surface area (Å²) < 4.78 is 0. The average Bonchev–Trinajstić information content (AvgIpc) is 2.82. The maximum atomic E-state index is 13.3. The third-order valence-corrected chi connectivity index (χ3v) is 9.64. The molecule has 0 saturated heterocycles. The SMILES string of the molecule is NC1CCCCC1N=C1CC(=O)C2CCC(C(=O)/C=C/C3CCCCC3)C3CCCC1C23. The Balaban J connectivity index is 1.34. The highest BCUT2D eigenvalue weighted by atomic mass is 16.1. The molecule has 0 aromatic rings. The number of rotatable bonds is 4. The molecular formula is C28H42N2O2. The van der Waals surface area contributed by atoms with Gasteiger partial charge in [-0.3, -0.25) is 14.6 Å². The van der Waals surface area contributed by atoms with Gasteiger partial charge in [0.05, 0.1) is 6.04 Å². The summed E-state index contributed by atoms with van der Waals surface area (Å²) in [5.41, 5.74) is 7.55. The van der Waals surface area contributed by atoms with Crippen LogP contribution in [-0.4, -0.2) is 29.4 Å². The number of nitrogens with two attached hydrogens (primary N) is 1. The van der Waals surface area contributed by atoms with Crippen LogP contribution in [0, 0.1) is 35.5 Å². The lowest BCUT2D eigenvalue weighted by molar-refractivity contribution is -0.135. The number of carbonyl (C=O) groups is 2. The molecule has 5 rings (SSSR count). The summed E-state index contributed by atoms with van der Waals surface area (Å²) >= 11 is 0. The van der Waals surface area contributed by atoms with Crippen LogP contribution in [0.2, 0.25) is 0 Å². The topological polar surface area (TPSA) is 72.5 Å². The summed E-state index contributed by atoms with van der Waals surface area (Å²) in [5.74, 6) is 2.72. The molecule has 0 aromatic carbocycles. The Morgan fingerprint density at radius 3 is 2.44 bits per heavy atom. The first-order valence-corrected chi connectivity index (χ1v) is 13.7. The summed E-state index contributed by atoms with van der Waals surface area (Å²) in [5, 5.41) is 0. The third kappa shape index (κ3) is 4.54. The number of nitrogens with zero attached hydrogens (tertiary/aromatic N) is 1. The van der Waals surface area contributed by atoms with Crippen LogP contribution in [0.25, 0.3) is 0 Å². The molecule has 32 heavy (non-hydrogen) atoms. The predicted molar refractivity (Wildman–Crippen MR) is 129 cm³/mol. The first-order valence-electron chi connectivity index (χ1n) is 13.7. The van der Waals surface area contributed by atoms with E-state index in [9.17, 15) is 9.59 Å². The van der Waals surface area contributed by atoms with Gasteiger partial charge in [0, 0.05) is 35.9 Å². The minimum absolute atomic E-state index is 0.114. The van der Waals surface area contributed by atoms with Gasteiger partial charge in [-0.25, -0.2) is 0 Å². The average molecular weight is 439 g/mol. The van der Waals surface area contributed by atoms with Crippen molar-refractivity contribution in [3.63, 3.8) is 0 Å². The fourth-order valence-corrected chi connectivity index (χ4v) is 7.96. The van der Waals surface area contributed by atoms with E-state index in [4.69, 9.17) is 10.7 Å². The van der Waals surface area contributed by atoms with Crippen LogP contribution in [0.3, 0.4) is 0 Å². The Morgan fingerprint density at radius 1 is 0.844 bits per heavy atom. The van der Waals surface area contributed by atoms with Crippen LogP contribution in [-0.2, 0) is 9.59 Å². The fourth-order valence-electron chi connectivity index (χ4n) is 7.96. The van der Waals surface area contributed by atoms with E-state index in [1.165, 1.54) is 51.4 Å². The van der Waals surface area contributed by atoms with E-state index in [2.05, 4.69) is 6.08 Å². The molecule has 5 aliphatic rings. The molecule has 0 radical (unpaired) electrons. The lowest BCUT2D eigenvalue weighted by Gasteiger charge is -2.51. The van der Waals surface area contributed by atoms with E-state index >= 15 is 0 Å². The van der Waals surface area contributed by atoms with Crippen molar-refractivity contribution < 1.29 is 9.59 Å². The second kappa shape index (κ2) is 9.91. The van der Waals surface area contributed by atoms with E-state index in [-0.39, 0.29) is 23.9 Å². The van der Waals surface area contributed by atoms with Gasteiger partial charge in [0.2, 0.25) is 0 Å². The van der Waals surface area contributed by atoms with Crippen molar-refractivity contribution in [3.8, 4) is 0 Å². The normalized spacial score (nSPS) is 42.2. The minimum Gasteiger partial charge on any atom is -0.326 e. The summed E-state index contributed by atoms with van der Waals surface area (Å²) in [7, 11) is 0. The molecule has 2 N–H and O–H groups in total. The van der Waals surface area contributed by atoms with E-state index in [0.29, 0.717) is 41.7 Å². The molecule has 0 bridgehead atoms. The second-order valence-electron chi connectivity index (χ2n) is 11.5. The van der Waals surface area contributed by atoms with Crippen molar-refractivity contribution >= 4 is 17.3 Å². The molecule has 0 amide bonds. The van der Waals surface area contributed by atoms with Crippen LogP contribution in [0.4, 0.5) is 0 Å². The number of ketones is 2. The molecule has 176 valence electrons. The molecule has 0 spiro atoms. The highest BCUT2D eigenvalue weighted by Gasteiger charge is 2.52. The van der Waals surface area contributed by atoms with Crippen LogP contribution in [0.1, 0.15) is 96.3 Å². The van der Waals surface area contributed by atoms with Crippen LogP contribution < -0.4 is 5.73 Å². The standard InChI is InChI=1S/C28H42N2O2/c29-23-11-4-5-12-24(23)30-25-17-27(32)22-15-14-19(20-9-6-10-21(25)28(20)22)26(31)16-13-18-7-2-1-3-8-18/h13,16,18-24,28H,1-12,14-15,17,29H2/b16-13+,30-25?. The van der Waals surface area contributed by atoms with Crippen LogP contribution >= 0.6 is 0 Å². The van der Waals surface area contributed by atoms with Gasteiger partial charge in [0.25, 0.3) is 0 Å². The highest BCUT2D eigenvalue weighted by molar-refractivity contribution is 6.07. The van der Waals surface area contributed by atoms with Crippen molar-refractivity contribution in [2.24, 2.45) is 46.2 Å². The molecule has 4 nitrogen and oxygen atoms in total. The molecule has 0 aliphatic heterocycles. The first kappa shape index (κ1) is 22.5. The predicted octanol–water partition coefficient (Wildman–Crippen LogP) is 5.43. The quantitative estimate of drug-likeness (QED) is 0.595. The lowest BCUT2D eigenvalue weighted by Crippen LogP contribution is -2.52. The molecule has 0 aromatic heterocycles. The van der Waals surface area contributed by atoms with Gasteiger partial charge >= 0.3 is 0 Å². The number of carbonyl (C=O) groups excluding carboxylic acids is 2. The molecule has 4 heteroatoms. The molecule has 5 aliphatic carbocycles. The van der Waals surface area contributed by atoms with Gasteiger partial charge in [-0.15, -0.1) is 0 Å². The van der Waals surface area contributed by atoms with E-state index in [1.54, 1.807) is 0 Å². The number of allylic oxidation sites excluding steroid dienone is 2. The number of aliphatic imine (C=N–C) groups is 1.